The van der Waals surface area contributed by atoms with Crippen molar-refractivity contribution in [1.29, 1.82) is 0 Å². The van der Waals surface area contributed by atoms with Gasteiger partial charge in [-0.1, -0.05) is 41.4 Å². The summed E-state index contributed by atoms with van der Waals surface area (Å²) in [4.78, 5) is 23.2. The second kappa shape index (κ2) is 10.9. The van der Waals surface area contributed by atoms with Crippen LogP contribution in [0, 0.1) is 17.0 Å². The first-order valence-electron chi connectivity index (χ1n) is 10.2. The number of nitrogens with zero attached hydrogens (tertiary/aromatic N) is 2. The van der Waals surface area contributed by atoms with Crippen molar-refractivity contribution in [3.63, 3.8) is 0 Å². The molecule has 12 heteroatoms. The van der Waals surface area contributed by atoms with E-state index in [9.17, 15) is 23.3 Å². The predicted octanol–water partition coefficient (Wildman–Crippen LogP) is 4.73. The minimum Gasteiger partial charge on any atom is -0.495 e. The molecule has 0 saturated heterocycles. The number of nitro benzene ring substituents is 1. The van der Waals surface area contributed by atoms with Crippen molar-refractivity contribution in [3.05, 3.63) is 92.0 Å². The van der Waals surface area contributed by atoms with E-state index in [1.807, 2.05) is 0 Å². The smallest absolute Gasteiger partial charge is 0.273 e. The zero-order chi connectivity index (χ0) is 25.8. The molecule has 9 nitrogen and oxygen atoms in total. The van der Waals surface area contributed by atoms with Crippen molar-refractivity contribution < 1.29 is 22.9 Å². The first-order chi connectivity index (χ1) is 16.5. The van der Waals surface area contributed by atoms with Gasteiger partial charge < -0.3 is 10.1 Å². The van der Waals surface area contributed by atoms with Gasteiger partial charge in [-0.05, 0) is 48.9 Å². The topological polar surface area (TPSA) is 119 Å². The molecule has 3 rings (SSSR count). The van der Waals surface area contributed by atoms with Crippen LogP contribution in [0.25, 0.3) is 0 Å². The monoisotopic (exact) mass is 537 g/mol. The van der Waals surface area contributed by atoms with E-state index in [1.54, 1.807) is 24.3 Å². The van der Waals surface area contributed by atoms with Crippen LogP contribution in [0.5, 0.6) is 5.75 Å². The van der Waals surface area contributed by atoms with Crippen LogP contribution in [0.2, 0.25) is 10.0 Å². The number of hydrogen-bond acceptors (Lipinski definition) is 6. The Balaban J connectivity index is 2.01. The minimum absolute atomic E-state index is 0.00451. The summed E-state index contributed by atoms with van der Waals surface area (Å²) >= 11 is 12.0. The number of benzene rings is 3. The van der Waals surface area contributed by atoms with E-state index >= 15 is 0 Å². The lowest BCUT2D eigenvalue weighted by atomic mass is 10.2. The van der Waals surface area contributed by atoms with E-state index in [2.05, 4.69) is 5.32 Å². The fourth-order valence-corrected chi connectivity index (χ4v) is 4.96. The van der Waals surface area contributed by atoms with Crippen molar-refractivity contribution in [2.24, 2.45) is 0 Å². The minimum atomic E-state index is -4.45. The van der Waals surface area contributed by atoms with Crippen molar-refractivity contribution in [3.8, 4) is 5.75 Å². The second-order valence-electron chi connectivity index (χ2n) is 7.44. The van der Waals surface area contributed by atoms with Crippen LogP contribution in [-0.2, 0) is 21.4 Å². The number of hydrogen-bond donors (Lipinski definition) is 1. The van der Waals surface area contributed by atoms with Crippen LogP contribution in [-0.4, -0.2) is 32.9 Å². The van der Waals surface area contributed by atoms with Crippen LogP contribution >= 0.6 is 23.2 Å². The summed E-state index contributed by atoms with van der Waals surface area (Å²) in [5.74, 6) is -0.475. The van der Waals surface area contributed by atoms with Crippen molar-refractivity contribution in [2.45, 2.75) is 18.4 Å². The number of carbonyl (C=O) groups is 1. The fourth-order valence-electron chi connectivity index (χ4n) is 3.22. The van der Waals surface area contributed by atoms with Crippen molar-refractivity contribution in [1.82, 2.24) is 5.32 Å². The number of nitro groups is 1. The molecular weight excluding hydrogens is 517 g/mol. The highest BCUT2D eigenvalue weighted by Crippen LogP contribution is 2.35. The normalized spacial score (nSPS) is 11.1. The Labute approximate surface area is 212 Å². The van der Waals surface area contributed by atoms with Gasteiger partial charge in [0.15, 0.2) is 0 Å². The molecule has 3 aromatic rings. The number of ether oxygens (including phenoxy) is 1. The molecule has 0 spiro atoms. The molecule has 0 aromatic heterocycles. The molecule has 3 aromatic carbocycles. The molecule has 184 valence electrons. The van der Waals surface area contributed by atoms with E-state index in [-0.39, 0.29) is 33.6 Å². The third kappa shape index (κ3) is 6.21. The van der Waals surface area contributed by atoms with Crippen LogP contribution in [0.1, 0.15) is 11.1 Å². The van der Waals surface area contributed by atoms with Crippen LogP contribution in [0.4, 0.5) is 11.4 Å². The van der Waals surface area contributed by atoms with E-state index in [0.29, 0.717) is 10.6 Å². The molecule has 0 fully saturated rings. The van der Waals surface area contributed by atoms with Gasteiger partial charge in [-0.2, -0.15) is 0 Å². The quantitative estimate of drug-likeness (QED) is 0.311. The Morgan fingerprint density at radius 3 is 2.34 bits per heavy atom. The Morgan fingerprint density at radius 1 is 1.06 bits per heavy atom. The summed E-state index contributed by atoms with van der Waals surface area (Å²) in [6.07, 6.45) is 0. The second-order valence-corrected chi connectivity index (χ2v) is 10.2. The largest absolute Gasteiger partial charge is 0.495 e. The highest BCUT2D eigenvalue weighted by Gasteiger charge is 2.31. The van der Waals surface area contributed by atoms with Gasteiger partial charge >= 0.3 is 0 Å². The highest BCUT2D eigenvalue weighted by atomic mass is 35.5. The number of carbonyl (C=O) groups excluding carboxylic acids is 1. The number of sulfonamides is 1. The Morgan fingerprint density at radius 2 is 1.71 bits per heavy atom. The Hall–Kier alpha value is -3.34. The predicted molar refractivity (Wildman–Crippen MR) is 134 cm³/mol. The summed E-state index contributed by atoms with van der Waals surface area (Å²) in [5, 5.41) is 14.8. The number of anilines is 1. The molecule has 0 saturated carbocycles. The molecule has 0 atom stereocenters. The zero-order valence-electron chi connectivity index (χ0n) is 18.7. The summed E-state index contributed by atoms with van der Waals surface area (Å²) in [5.41, 5.74) is 0.689. The van der Waals surface area contributed by atoms with Gasteiger partial charge in [0.25, 0.3) is 15.7 Å². The maximum absolute atomic E-state index is 13.7. The summed E-state index contributed by atoms with van der Waals surface area (Å²) in [6, 6.07) is 14.6. The molecule has 0 aliphatic heterocycles. The Kier molecular flexibility index (Phi) is 8.21. The SMILES string of the molecule is COc1ccc(Cl)cc1N(CC(=O)NCc1ccc(Cl)cc1)S(=O)(=O)c1ccc(C)c([N+](=O)[O-])c1. The number of aryl methyl sites for hydroxylation is 1. The zero-order valence-corrected chi connectivity index (χ0v) is 21.0. The molecule has 1 N–H and O–H groups in total. The summed E-state index contributed by atoms with van der Waals surface area (Å²) in [6.45, 7) is 0.997. The van der Waals surface area contributed by atoms with Crippen LogP contribution in [0.3, 0.4) is 0 Å². The molecule has 35 heavy (non-hydrogen) atoms. The number of nitrogens with one attached hydrogen (secondary N) is 1. The van der Waals surface area contributed by atoms with Gasteiger partial charge in [0, 0.05) is 28.2 Å². The fraction of sp³-hybridized carbons (Fsp3) is 0.174. The van der Waals surface area contributed by atoms with Gasteiger partial charge in [0.1, 0.15) is 12.3 Å². The lowest BCUT2D eigenvalue weighted by molar-refractivity contribution is -0.385. The first-order valence-corrected chi connectivity index (χ1v) is 12.3. The highest BCUT2D eigenvalue weighted by molar-refractivity contribution is 7.92. The maximum atomic E-state index is 13.7. The van der Waals surface area contributed by atoms with Gasteiger partial charge in [-0.3, -0.25) is 19.2 Å². The summed E-state index contributed by atoms with van der Waals surface area (Å²) < 4.78 is 33.4. The standard InChI is InChI=1S/C23H21Cl2N3O6S/c1-15-3-9-19(12-20(15)28(30)31)35(32,33)27(21-11-18(25)8-10-22(21)34-2)14-23(29)26-13-16-4-6-17(24)7-5-16/h3-12H,13-14H2,1-2H3,(H,26,29). The average Bonchev–Trinajstić information content (AvgIpc) is 2.82. The average molecular weight is 538 g/mol. The number of halogens is 2. The van der Waals surface area contributed by atoms with Gasteiger partial charge in [-0.15, -0.1) is 0 Å². The summed E-state index contributed by atoms with van der Waals surface area (Å²) in [7, 11) is -3.11. The van der Waals surface area contributed by atoms with Crippen LogP contribution < -0.4 is 14.4 Å². The molecular formula is C23H21Cl2N3O6S. The molecule has 0 heterocycles. The van der Waals surface area contributed by atoms with E-state index in [0.717, 1.165) is 15.9 Å². The molecule has 0 bridgehead atoms. The first kappa shape index (κ1) is 26.3. The third-order valence-corrected chi connectivity index (χ3v) is 7.31. The lowest BCUT2D eigenvalue weighted by Crippen LogP contribution is -2.41. The van der Waals surface area contributed by atoms with E-state index in [4.69, 9.17) is 27.9 Å². The van der Waals surface area contributed by atoms with Crippen molar-refractivity contribution in [2.75, 3.05) is 18.0 Å². The molecule has 0 radical (unpaired) electrons. The molecule has 0 aliphatic rings. The molecule has 0 unspecified atom stereocenters. The van der Waals surface area contributed by atoms with E-state index < -0.39 is 27.4 Å². The van der Waals surface area contributed by atoms with Crippen LogP contribution in [0.15, 0.2) is 65.6 Å². The van der Waals surface area contributed by atoms with Gasteiger partial charge in [-0.25, -0.2) is 8.42 Å². The van der Waals surface area contributed by atoms with Gasteiger partial charge in [0.2, 0.25) is 5.91 Å². The molecule has 0 aliphatic carbocycles. The van der Waals surface area contributed by atoms with Gasteiger partial charge in [0.05, 0.1) is 22.6 Å². The lowest BCUT2D eigenvalue weighted by Gasteiger charge is -2.26. The third-order valence-electron chi connectivity index (χ3n) is 5.07. The van der Waals surface area contributed by atoms with Crippen molar-refractivity contribution >= 4 is 50.5 Å². The molecule has 1 amide bonds. The number of amides is 1. The number of rotatable bonds is 9. The Bertz CT molecular complexity index is 1360. The maximum Gasteiger partial charge on any atom is 0.273 e. The number of methoxy groups -OCH3 is 1. The van der Waals surface area contributed by atoms with E-state index in [1.165, 1.54) is 44.4 Å².